The molecule has 0 aliphatic carbocycles. The highest BCUT2D eigenvalue weighted by molar-refractivity contribution is 7.87. The van der Waals surface area contributed by atoms with Gasteiger partial charge in [-0.15, -0.1) is 0 Å². The van der Waals surface area contributed by atoms with Crippen LogP contribution in [0.2, 0.25) is 0 Å². The first-order valence-corrected chi connectivity index (χ1v) is 6.69. The van der Waals surface area contributed by atoms with E-state index in [0.29, 0.717) is 0 Å². The van der Waals surface area contributed by atoms with E-state index in [2.05, 4.69) is 5.32 Å². The summed E-state index contributed by atoms with van der Waals surface area (Å²) >= 11 is 0. The van der Waals surface area contributed by atoms with E-state index in [-0.39, 0.29) is 17.7 Å². The smallest absolute Gasteiger partial charge is 0.318 e. The first-order chi connectivity index (χ1) is 7.42. The molecule has 0 heterocycles. The highest BCUT2D eigenvalue weighted by Gasteiger charge is 2.21. The first-order valence-electron chi connectivity index (χ1n) is 5.31. The average Bonchev–Trinajstić information content (AvgIpc) is 2.24. The van der Waals surface area contributed by atoms with Crippen LogP contribution in [0.1, 0.15) is 33.6 Å². The van der Waals surface area contributed by atoms with Gasteiger partial charge in [0, 0.05) is 16.8 Å². The van der Waals surface area contributed by atoms with Crippen molar-refractivity contribution in [2.45, 2.75) is 44.9 Å². The molecule has 2 N–H and O–H groups in total. The number of aliphatic carboxylic acids is 1. The van der Waals surface area contributed by atoms with Crippen molar-refractivity contribution < 1.29 is 18.9 Å². The van der Waals surface area contributed by atoms with Gasteiger partial charge in [0.25, 0.3) is 0 Å². The van der Waals surface area contributed by atoms with Gasteiger partial charge in [-0.1, -0.05) is 13.8 Å². The number of carbonyl (C=O) groups excluding carboxylic acids is 1. The third-order valence-corrected chi connectivity index (χ3v) is 3.90. The molecule has 0 saturated carbocycles. The Kier molecular flexibility index (Phi) is 6.96. The number of carboxylic acids is 1. The largest absolute Gasteiger partial charge is 0.480 e. The molecule has 0 rings (SSSR count). The Morgan fingerprint density at radius 3 is 2.19 bits per heavy atom. The molecule has 0 aromatic carbocycles. The van der Waals surface area contributed by atoms with Crippen molar-refractivity contribution in [2.24, 2.45) is 0 Å². The quantitative estimate of drug-likeness (QED) is 0.688. The summed E-state index contributed by atoms with van der Waals surface area (Å²) in [6.07, 6.45) is 1.62. The Bertz CT molecular complexity index is 276. The van der Waals surface area contributed by atoms with Crippen LogP contribution in [0.5, 0.6) is 0 Å². The zero-order valence-electron chi connectivity index (χ0n) is 9.86. The van der Waals surface area contributed by atoms with Crippen LogP contribution in [0.15, 0.2) is 0 Å². The summed E-state index contributed by atoms with van der Waals surface area (Å²) in [4.78, 5) is 21.9. The van der Waals surface area contributed by atoms with E-state index in [0.717, 1.165) is 12.8 Å². The molecule has 0 aliphatic heterocycles. The van der Waals surface area contributed by atoms with Crippen molar-refractivity contribution in [1.82, 2.24) is 5.32 Å². The van der Waals surface area contributed by atoms with Crippen LogP contribution < -0.4 is 5.32 Å². The summed E-state index contributed by atoms with van der Waals surface area (Å²) < 4.78 is 11.4. The number of rotatable bonds is 7. The van der Waals surface area contributed by atoms with E-state index < -0.39 is 22.0 Å². The lowest BCUT2D eigenvalue weighted by Gasteiger charge is -2.14. The van der Waals surface area contributed by atoms with E-state index in [1.807, 2.05) is 13.8 Å². The molecule has 5 nitrogen and oxygen atoms in total. The van der Waals surface area contributed by atoms with Gasteiger partial charge >= 0.3 is 5.97 Å². The highest BCUT2D eigenvalue weighted by Crippen LogP contribution is 1.99. The van der Waals surface area contributed by atoms with Crippen LogP contribution in [0.25, 0.3) is 0 Å². The molecule has 6 heteroatoms. The van der Waals surface area contributed by atoms with E-state index >= 15 is 0 Å². The number of amides is 1. The second-order valence-electron chi connectivity index (χ2n) is 3.59. The SMILES string of the molecule is CCC(CC)NC(=O)CS(=O)C(C)C(=O)O. The zero-order valence-corrected chi connectivity index (χ0v) is 10.7. The molecule has 0 aliphatic rings. The molecule has 2 unspecified atom stereocenters. The van der Waals surface area contributed by atoms with Gasteiger partial charge in [-0.05, 0) is 19.8 Å². The molecule has 0 spiro atoms. The lowest BCUT2D eigenvalue weighted by atomic mass is 10.2. The predicted octanol–water partition coefficient (Wildman–Crippen LogP) is 0.513. The van der Waals surface area contributed by atoms with Gasteiger partial charge in [-0.25, -0.2) is 0 Å². The van der Waals surface area contributed by atoms with Gasteiger partial charge in [-0.3, -0.25) is 13.8 Å². The standard InChI is InChI=1S/C10H19NO4S/c1-4-8(5-2)11-9(12)6-16(15)7(3)10(13)14/h7-8H,4-6H2,1-3H3,(H,11,12)(H,13,14). The summed E-state index contributed by atoms with van der Waals surface area (Å²) in [5, 5.41) is 10.3. The molecule has 0 aromatic heterocycles. The Balaban J connectivity index is 4.14. The second kappa shape index (κ2) is 7.38. The van der Waals surface area contributed by atoms with Crippen molar-refractivity contribution in [3.8, 4) is 0 Å². The van der Waals surface area contributed by atoms with Gasteiger partial charge in [0.2, 0.25) is 5.91 Å². The number of nitrogens with one attached hydrogen (secondary N) is 1. The first kappa shape index (κ1) is 15.1. The predicted molar refractivity (Wildman–Crippen MR) is 62.6 cm³/mol. The van der Waals surface area contributed by atoms with Gasteiger partial charge in [0.1, 0.15) is 11.0 Å². The maximum atomic E-state index is 11.4. The Labute approximate surface area is 98.1 Å². The van der Waals surface area contributed by atoms with Crippen molar-refractivity contribution in [2.75, 3.05) is 5.75 Å². The minimum atomic E-state index is -1.66. The molecule has 1 amide bonds. The number of carbonyl (C=O) groups is 2. The molecule has 0 fully saturated rings. The topological polar surface area (TPSA) is 83.5 Å². The Morgan fingerprint density at radius 1 is 1.31 bits per heavy atom. The molecule has 0 saturated heterocycles. The summed E-state index contributed by atoms with van der Waals surface area (Å²) in [5.74, 6) is -1.74. The molecule has 94 valence electrons. The fraction of sp³-hybridized carbons (Fsp3) is 0.800. The normalized spacial score (nSPS) is 14.5. The Morgan fingerprint density at radius 2 is 1.81 bits per heavy atom. The summed E-state index contributed by atoms with van der Waals surface area (Å²) in [5.41, 5.74) is 0. The lowest BCUT2D eigenvalue weighted by Crippen LogP contribution is -2.38. The minimum Gasteiger partial charge on any atom is -0.480 e. The van der Waals surface area contributed by atoms with Crippen molar-refractivity contribution in [3.63, 3.8) is 0 Å². The van der Waals surface area contributed by atoms with Crippen LogP contribution in [-0.2, 0) is 20.4 Å². The highest BCUT2D eigenvalue weighted by atomic mass is 32.2. The lowest BCUT2D eigenvalue weighted by molar-refractivity contribution is -0.136. The van der Waals surface area contributed by atoms with E-state index in [9.17, 15) is 13.8 Å². The molecule has 2 atom stereocenters. The molecule has 16 heavy (non-hydrogen) atoms. The van der Waals surface area contributed by atoms with Crippen LogP contribution >= 0.6 is 0 Å². The van der Waals surface area contributed by atoms with Crippen LogP contribution in [-0.4, -0.2) is 38.2 Å². The molecule has 0 bridgehead atoms. The fourth-order valence-corrected chi connectivity index (χ4v) is 1.95. The van der Waals surface area contributed by atoms with Gasteiger partial charge in [-0.2, -0.15) is 0 Å². The van der Waals surface area contributed by atoms with Crippen LogP contribution in [0.3, 0.4) is 0 Å². The van der Waals surface area contributed by atoms with Crippen molar-refractivity contribution >= 4 is 22.7 Å². The molecular weight excluding hydrogens is 230 g/mol. The summed E-state index contributed by atoms with van der Waals surface area (Å²) in [6.45, 7) is 5.24. The fourth-order valence-electron chi connectivity index (χ4n) is 1.13. The molecule has 0 radical (unpaired) electrons. The van der Waals surface area contributed by atoms with E-state index in [1.54, 1.807) is 0 Å². The van der Waals surface area contributed by atoms with Crippen molar-refractivity contribution in [3.05, 3.63) is 0 Å². The number of hydrogen-bond acceptors (Lipinski definition) is 3. The Hall–Kier alpha value is -0.910. The second-order valence-corrected chi connectivity index (χ2v) is 5.34. The van der Waals surface area contributed by atoms with Crippen LogP contribution in [0, 0.1) is 0 Å². The maximum absolute atomic E-state index is 11.4. The third-order valence-electron chi connectivity index (χ3n) is 2.37. The summed E-state index contributed by atoms with van der Waals surface area (Å²) in [7, 11) is -1.66. The van der Waals surface area contributed by atoms with E-state index in [4.69, 9.17) is 5.11 Å². The third kappa shape index (κ3) is 5.25. The van der Waals surface area contributed by atoms with E-state index in [1.165, 1.54) is 6.92 Å². The number of hydrogen-bond donors (Lipinski definition) is 2. The maximum Gasteiger partial charge on any atom is 0.318 e. The molecule has 0 aromatic rings. The average molecular weight is 249 g/mol. The van der Waals surface area contributed by atoms with Crippen LogP contribution in [0.4, 0.5) is 0 Å². The van der Waals surface area contributed by atoms with Gasteiger partial charge in [0.05, 0.1) is 0 Å². The summed E-state index contributed by atoms with van der Waals surface area (Å²) in [6, 6.07) is 0.0737. The number of carboxylic acid groups (broad SMARTS) is 1. The monoisotopic (exact) mass is 249 g/mol. The minimum absolute atomic E-state index is 0.0737. The molecular formula is C10H19NO4S. The zero-order chi connectivity index (χ0) is 12.7. The van der Waals surface area contributed by atoms with Crippen molar-refractivity contribution in [1.29, 1.82) is 0 Å². The van der Waals surface area contributed by atoms with Gasteiger partial charge in [0.15, 0.2) is 0 Å². The van der Waals surface area contributed by atoms with Gasteiger partial charge < -0.3 is 10.4 Å².